The van der Waals surface area contributed by atoms with Gasteiger partial charge in [-0.05, 0) is 25.1 Å². The van der Waals surface area contributed by atoms with E-state index in [9.17, 15) is 9.18 Å². The topological polar surface area (TPSA) is 126 Å². The van der Waals surface area contributed by atoms with E-state index in [4.69, 9.17) is 14.9 Å². The first-order valence-corrected chi connectivity index (χ1v) is 9.23. The lowest BCUT2D eigenvalue weighted by Gasteiger charge is -2.28. The first-order valence-electron chi connectivity index (χ1n) is 9.23. The Labute approximate surface area is 174 Å². The van der Waals surface area contributed by atoms with Gasteiger partial charge < -0.3 is 14.9 Å². The minimum atomic E-state index is -1.65. The number of nitrogen functional groups attached to an aromatic ring is 1. The summed E-state index contributed by atoms with van der Waals surface area (Å²) in [5.41, 5.74) is 5.13. The number of fused-ring (bicyclic) bond motifs is 3. The van der Waals surface area contributed by atoms with E-state index in [0.29, 0.717) is 22.6 Å². The van der Waals surface area contributed by atoms with Gasteiger partial charge in [0, 0.05) is 5.56 Å². The van der Waals surface area contributed by atoms with Crippen LogP contribution in [-0.2, 0) is 15.1 Å². The molecule has 1 atom stereocenters. The molecule has 0 aliphatic heterocycles. The number of carbonyl (C=O) groups excluding carboxylic acids is 1. The van der Waals surface area contributed by atoms with E-state index in [1.54, 1.807) is 18.2 Å². The Morgan fingerprint density at radius 2 is 2.00 bits per heavy atom. The van der Waals surface area contributed by atoms with Crippen molar-refractivity contribution in [1.29, 1.82) is 0 Å². The zero-order valence-corrected chi connectivity index (χ0v) is 16.5. The summed E-state index contributed by atoms with van der Waals surface area (Å²) >= 11 is 0. The molecule has 0 bridgehead atoms. The molecular formula is C20H16FN7O3. The average Bonchev–Trinajstić information content (AvgIpc) is 3.51. The summed E-state index contributed by atoms with van der Waals surface area (Å²) in [7, 11) is 1.22. The van der Waals surface area contributed by atoms with E-state index >= 15 is 0 Å². The lowest BCUT2D eigenvalue weighted by Crippen LogP contribution is -2.42. The van der Waals surface area contributed by atoms with Gasteiger partial charge in [-0.1, -0.05) is 18.2 Å². The van der Waals surface area contributed by atoms with Crippen LogP contribution in [0.1, 0.15) is 12.5 Å². The number of nitrogens with zero attached hydrogens (tertiary/aromatic N) is 6. The summed E-state index contributed by atoms with van der Waals surface area (Å²) in [6.07, 6.45) is 2.98. The van der Waals surface area contributed by atoms with E-state index in [2.05, 4.69) is 20.2 Å². The van der Waals surface area contributed by atoms with Crippen LogP contribution < -0.4 is 5.73 Å². The van der Waals surface area contributed by atoms with E-state index in [1.165, 1.54) is 53.9 Å². The third-order valence-electron chi connectivity index (χ3n) is 5.18. The first-order chi connectivity index (χ1) is 14.9. The smallest absolute Gasteiger partial charge is 0.338 e. The largest absolute Gasteiger partial charge is 0.467 e. The van der Waals surface area contributed by atoms with Crippen molar-refractivity contribution in [3.63, 3.8) is 0 Å². The predicted octanol–water partition coefficient (Wildman–Crippen LogP) is 2.39. The number of methoxy groups -OCH3 is 1. The number of furan rings is 1. The third-order valence-corrected chi connectivity index (χ3v) is 5.18. The third kappa shape index (κ3) is 2.59. The van der Waals surface area contributed by atoms with Crippen molar-refractivity contribution in [2.45, 2.75) is 12.5 Å². The number of rotatable bonds is 4. The standard InChI is InChI=1S/C20H16FN7O3/c1-20(18(29)30-2,12-6-3-4-7-13(12)21)28-17-11(10-23-28)16-24-15(14-8-5-9-31-14)26-27(16)19(22)25-17/h3-10H,1-2H3,(H2,22,25). The van der Waals surface area contributed by atoms with Gasteiger partial charge in [0.1, 0.15) is 5.82 Å². The Morgan fingerprint density at radius 3 is 2.71 bits per heavy atom. The first kappa shape index (κ1) is 18.7. The van der Waals surface area contributed by atoms with Crippen LogP contribution in [0.15, 0.2) is 53.3 Å². The number of nitrogens with two attached hydrogens (primary N) is 1. The zero-order chi connectivity index (χ0) is 21.8. The predicted molar refractivity (Wildman–Crippen MR) is 107 cm³/mol. The van der Waals surface area contributed by atoms with Crippen LogP contribution in [0.3, 0.4) is 0 Å². The van der Waals surface area contributed by atoms with Crippen molar-refractivity contribution >= 4 is 28.6 Å². The molecule has 5 aromatic rings. The van der Waals surface area contributed by atoms with Crippen molar-refractivity contribution in [3.8, 4) is 11.6 Å². The van der Waals surface area contributed by atoms with Crippen LogP contribution >= 0.6 is 0 Å². The molecule has 2 N–H and O–H groups in total. The van der Waals surface area contributed by atoms with Crippen LogP contribution in [0.4, 0.5) is 10.3 Å². The second kappa shape index (κ2) is 6.62. The number of hydrogen-bond donors (Lipinski definition) is 1. The van der Waals surface area contributed by atoms with E-state index in [1.807, 2.05) is 0 Å². The van der Waals surface area contributed by atoms with Gasteiger partial charge in [-0.25, -0.2) is 18.9 Å². The highest BCUT2D eigenvalue weighted by Gasteiger charge is 2.43. The molecule has 156 valence electrons. The SMILES string of the molecule is COC(=O)C(C)(c1ccccc1F)n1ncc2c1nc(N)n1nc(-c3ccco3)nc21. The lowest BCUT2D eigenvalue weighted by atomic mass is 9.91. The highest BCUT2D eigenvalue weighted by molar-refractivity contribution is 5.93. The summed E-state index contributed by atoms with van der Waals surface area (Å²) in [5.74, 6) is -0.537. The van der Waals surface area contributed by atoms with Gasteiger partial charge in [0.15, 0.2) is 22.6 Å². The number of aromatic nitrogens is 6. The van der Waals surface area contributed by atoms with Gasteiger partial charge in [-0.2, -0.15) is 14.6 Å². The molecule has 0 saturated heterocycles. The summed E-state index contributed by atoms with van der Waals surface area (Å²) in [5, 5.41) is 9.14. The van der Waals surface area contributed by atoms with Crippen molar-refractivity contribution in [1.82, 2.24) is 29.4 Å². The Balaban J connectivity index is 1.80. The maximum atomic E-state index is 14.7. The number of esters is 1. The van der Waals surface area contributed by atoms with Crippen molar-refractivity contribution in [2.24, 2.45) is 0 Å². The zero-order valence-electron chi connectivity index (χ0n) is 16.5. The fourth-order valence-electron chi connectivity index (χ4n) is 3.61. The Morgan fingerprint density at radius 1 is 1.19 bits per heavy atom. The molecule has 11 heteroatoms. The molecule has 10 nitrogen and oxygen atoms in total. The molecule has 1 aromatic carbocycles. The maximum absolute atomic E-state index is 14.7. The summed E-state index contributed by atoms with van der Waals surface area (Å²) in [6.45, 7) is 1.50. The molecule has 1 unspecified atom stereocenters. The minimum absolute atomic E-state index is 0.00954. The molecule has 4 heterocycles. The average molecular weight is 421 g/mol. The van der Waals surface area contributed by atoms with E-state index < -0.39 is 17.3 Å². The van der Waals surface area contributed by atoms with Crippen molar-refractivity contribution in [2.75, 3.05) is 12.8 Å². The summed E-state index contributed by atoms with van der Waals surface area (Å²) in [4.78, 5) is 21.7. The van der Waals surface area contributed by atoms with Gasteiger partial charge >= 0.3 is 5.97 Å². The number of hydrogen-bond acceptors (Lipinski definition) is 8. The molecule has 5 rings (SSSR count). The maximum Gasteiger partial charge on any atom is 0.338 e. The van der Waals surface area contributed by atoms with Gasteiger partial charge in [0.05, 0.1) is 25.0 Å². The second-order valence-corrected chi connectivity index (χ2v) is 6.96. The van der Waals surface area contributed by atoms with Gasteiger partial charge in [-0.15, -0.1) is 5.10 Å². The molecular weight excluding hydrogens is 405 g/mol. The fraction of sp³-hybridized carbons (Fsp3) is 0.150. The van der Waals surface area contributed by atoms with Gasteiger partial charge in [-0.3, -0.25) is 0 Å². The molecule has 0 saturated carbocycles. The molecule has 4 aromatic heterocycles. The number of halogens is 1. The number of carbonyl (C=O) groups is 1. The molecule has 31 heavy (non-hydrogen) atoms. The minimum Gasteiger partial charge on any atom is -0.467 e. The van der Waals surface area contributed by atoms with Gasteiger partial charge in [0.2, 0.25) is 11.8 Å². The Kier molecular flexibility index (Phi) is 4.00. The molecule has 0 amide bonds. The Bertz CT molecular complexity index is 1440. The van der Waals surface area contributed by atoms with Gasteiger partial charge in [0.25, 0.3) is 0 Å². The number of benzene rings is 1. The molecule has 0 spiro atoms. The second-order valence-electron chi connectivity index (χ2n) is 6.96. The van der Waals surface area contributed by atoms with Crippen molar-refractivity contribution < 1.29 is 18.3 Å². The van der Waals surface area contributed by atoms with E-state index in [-0.39, 0.29) is 17.2 Å². The van der Waals surface area contributed by atoms with Crippen LogP contribution in [0.2, 0.25) is 0 Å². The lowest BCUT2D eigenvalue weighted by molar-refractivity contribution is -0.148. The van der Waals surface area contributed by atoms with E-state index in [0.717, 1.165) is 0 Å². The fourth-order valence-corrected chi connectivity index (χ4v) is 3.61. The van der Waals surface area contributed by atoms with Crippen LogP contribution in [-0.4, -0.2) is 42.4 Å². The van der Waals surface area contributed by atoms with Crippen molar-refractivity contribution in [3.05, 3.63) is 60.2 Å². The van der Waals surface area contributed by atoms with Crippen LogP contribution in [0.5, 0.6) is 0 Å². The highest BCUT2D eigenvalue weighted by Crippen LogP contribution is 2.33. The monoisotopic (exact) mass is 421 g/mol. The van der Waals surface area contributed by atoms with Crippen LogP contribution in [0, 0.1) is 5.82 Å². The normalized spacial score (nSPS) is 13.5. The Hall–Kier alpha value is -4.28. The molecule has 0 fully saturated rings. The quantitative estimate of drug-likeness (QED) is 0.438. The number of anilines is 1. The molecule has 0 aliphatic rings. The summed E-state index contributed by atoms with van der Waals surface area (Å²) < 4.78 is 27.7. The number of ether oxygens (including phenoxy) is 1. The summed E-state index contributed by atoms with van der Waals surface area (Å²) in [6, 6.07) is 9.34. The van der Waals surface area contributed by atoms with Crippen LogP contribution in [0.25, 0.3) is 28.3 Å². The highest BCUT2D eigenvalue weighted by atomic mass is 19.1. The molecule has 0 radical (unpaired) electrons. The molecule has 0 aliphatic carbocycles.